The summed E-state index contributed by atoms with van der Waals surface area (Å²) >= 11 is 0. The monoisotopic (exact) mass is 326 g/mol. The number of anilines is 1. The topological polar surface area (TPSA) is 32.3 Å². The molecule has 0 N–H and O–H groups in total. The first-order valence-electron chi connectivity index (χ1n) is 8.72. The number of rotatable bonds is 3. The molecule has 0 saturated carbocycles. The summed E-state index contributed by atoms with van der Waals surface area (Å²) in [5.74, 6) is 0.739. The third kappa shape index (κ3) is 3.13. The summed E-state index contributed by atoms with van der Waals surface area (Å²) in [7, 11) is 0. The second kappa shape index (κ2) is 6.48. The summed E-state index contributed by atoms with van der Waals surface area (Å²) in [5, 5.41) is 0. The molecule has 0 aliphatic carbocycles. The van der Waals surface area contributed by atoms with Crippen LogP contribution in [0.3, 0.4) is 0 Å². The fraction of sp³-hybridized carbons (Fsp3) is 0.474. The molecule has 24 heavy (non-hydrogen) atoms. The minimum absolute atomic E-state index is 0.0946. The van der Waals surface area contributed by atoms with E-state index in [-0.39, 0.29) is 5.82 Å². The Morgan fingerprint density at radius 3 is 2.67 bits per heavy atom. The maximum absolute atomic E-state index is 13.9. The van der Waals surface area contributed by atoms with Crippen LogP contribution in [0, 0.1) is 11.2 Å². The van der Waals surface area contributed by atoms with Gasteiger partial charge in [0.05, 0.1) is 0 Å². The van der Waals surface area contributed by atoms with E-state index in [0.717, 1.165) is 37.7 Å². The highest BCUT2D eigenvalue weighted by molar-refractivity contribution is 5.32. The van der Waals surface area contributed by atoms with E-state index in [1.165, 1.54) is 19.3 Å². The first-order chi connectivity index (χ1) is 11.7. The number of aromatic nitrogens is 2. The van der Waals surface area contributed by atoms with Gasteiger partial charge in [-0.1, -0.05) is 18.2 Å². The zero-order chi connectivity index (χ0) is 16.4. The van der Waals surface area contributed by atoms with Crippen LogP contribution in [0.25, 0.3) is 0 Å². The van der Waals surface area contributed by atoms with Gasteiger partial charge in [0, 0.05) is 49.6 Å². The molecule has 1 atom stereocenters. The molecule has 0 amide bonds. The normalized spacial score (nSPS) is 24.6. The third-order valence-corrected chi connectivity index (χ3v) is 5.37. The van der Waals surface area contributed by atoms with E-state index in [1.807, 2.05) is 18.2 Å². The van der Waals surface area contributed by atoms with Crippen molar-refractivity contribution in [3.8, 4) is 0 Å². The molecule has 1 aromatic heterocycles. The Kier molecular flexibility index (Phi) is 4.19. The predicted molar refractivity (Wildman–Crippen MR) is 92.2 cm³/mol. The molecule has 1 aromatic carbocycles. The predicted octanol–water partition coefficient (Wildman–Crippen LogP) is 3.11. The Bertz CT molecular complexity index is 693. The van der Waals surface area contributed by atoms with Crippen LogP contribution in [0.1, 0.15) is 24.8 Å². The SMILES string of the molecule is Fc1ccccc1CN1CCCC2(CCN(c3ncccn3)C2)C1. The number of halogens is 1. The second-order valence-electron chi connectivity index (χ2n) is 7.13. The molecule has 2 fully saturated rings. The summed E-state index contributed by atoms with van der Waals surface area (Å²) < 4.78 is 13.9. The van der Waals surface area contributed by atoms with Gasteiger partial charge in [-0.15, -0.1) is 0 Å². The van der Waals surface area contributed by atoms with Gasteiger partial charge in [-0.2, -0.15) is 0 Å². The lowest BCUT2D eigenvalue weighted by atomic mass is 9.79. The molecule has 126 valence electrons. The van der Waals surface area contributed by atoms with Gasteiger partial charge in [0.2, 0.25) is 5.95 Å². The standard InChI is InChI=1S/C19H23FN4/c20-17-6-2-1-5-16(17)13-23-11-3-7-19(14-23)8-12-24(15-19)18-21-9-4-10-22-18/h1-2,4-6,9-10H,3,7-8,11-15H2. The Hall–Kier alpha value is -2.01. The molecule has 1 unspecified atom stereocenters. The number of hydrogen-bond acceptors (Lipinski definition) is 4. The highest BCUT2D eigenvalue weighted by Crippen LogP contribution is 2.40. The van der Waals surface area contributed by atoms with Crippen molar-refractivity contribution >= 4 is 5.95 Å². The zero-order valence-electron chi connectivity index (χ0n) is 13.9. The molecule has 1 spiro atoms. The quantitative estimate of drug-likeness (QED) is 0.867. The number of likely N-dealkylation sites (tertiary alicyclic amines) is 1. The summed E-state index contributed by atoms with van der Waals surface area (Å²) in [6.45, 7) is 4.81. The fourth-order valence-corrected chi connectivity index (χ4v) is 4.21. The molecule has 2 saturated heterocycles. The van der Waals surface area contributed by atoms with Gasteiger partial charge >= 0.3 is 0 Å². The lowest BCUT2D eigenvalue weighted by Gasteiger charge is -2.40. The summed E-state index contributed by atoms with van der Waals surface area (Å²) in [6.07, 6.45) is 7.19. The largest absolute Gasteiger partial charge is 0.340 e. The van der Waals surface area contributed by atoms with Crippen molar-refractivity contribution in [2.45, 2.75) is 25.8 Å². The van der Waals surface area contributed by atoms with Crippen molar-refractivity contribution < 1.29 is 4.39 Å². The van der Waals surface area contributed by atoms with Crippen LogP contribution in [0.15, 0.2) is 42.7 Å². The molecule has 5 heteroatoms. The van der Waals surface area contributed by atoms with E-state index >= 15 is 0 Å². The molecular formula is C19H23FN4. The Morgan fingerprint density at radius 2 is 1.83 bits per heavy atom. The van der Waals surface area contributed by atoms with Crippen LogP contribution in [0.5, 0.6) is 0 Å². The van der Waals surface area contributed by atoms with E-state index in [2.05, 4.69) is 19.8 Å². The average molecular weight is 326 g/mol. The van der Waals surface area contributed by atoms with E-state index in [0.29, 0.717) is 12.0 Å². The first-order valence-corrected chi connectivity index (χ1v) is 8.72. The molecular weight excluding hydrogens is 303 g/mol. The number of benzene rings is 1. The van der Waals surface area contributed by atoms with Crippen molar-refractivity contribution in [1.82, 2.24) is 14.9 Å². The highest BCUT2D eigenvalue weighted by atomic mass is 19.1. The lowest BCUT2D eigenvalue weighted by molar-refractivity contribution is 0.0981. The van der Waals surface area contributed by atoms with Crippen LogP contribution in [0.2, 0.25) is 0 Å². The molecule has 0 bridgehead atoms. The minimum Gasteiger partial charge on any atom is -0.340 e. The van der Waals surface area contributed by atoms with Gasteiger partial charge in [-0.05, 0) is 37.9 Å². The average Bonchev–Trinajstić information content (AvgIpc) is 3.01. The summed E-state index contributed by atoms with van der Waals surface area (Å²) in [5.41, 5.74) is 1.10. The minimum atomic E-state index is -0.0946. The molecule has 2 aromatic rings. The molecule has 4 rings (SSSR count). The van der Waals surface area contributed by atoms with Gasteiger partial charge in [0.1, 0.15) is 5.82 Å². The van der Waals surface area contributed by atoms with E-state index in [4.69, 9.17) is 0 Å². The number of nitrogens with zero attached hydrogens (tertiary/aromatic N) is 4. The smallest absolute Gasteiger partial charge is 0.225 e. The maximum atomic E-state index is 13.9. The molecule has 4 nitrogen and oxygen atoms in total. The highest BCUT2D eigenvalue weighted by Gasteiger charge is 2.42. The summed E-state index contributed by atoms with van der Waals surface area (Å²) in [4.78, 5) is 13.5. The van der Waals surface area contributed by atoms with Crippen molar-refractivity contribution in [3.05, 3.63) is 54.1 Å². The van der Waals surface area contributed by atoms with Crippen LogP contribution >= 0.6 is 0 Å². The van der Waals surface area contributed by atoms with Crippen LogP contribution in [0.4, 0.5) is 10.3 Å². The van der Waals surface area contributed by atoms with Crippen LogP contribution in [-0.2, 0) is 6.54 Å². The summed E-state index contributed by atoms with van der Waals surface area (Å²) in [6, 6.07) is 8.98. The van der Waals surface area contributed by atoms with Crippen molar-refractivity contribution in [2.24, 2.45) is 5.41 Å². The first kappa shape index (κ1) is 15.5. The van der Waals surface area contributed by atoms with E-state index in [1.54, 1.807) is 24.5 Å². The third-order valence-electron chi connectivity index (χ3n) is 5.37. The van der Waals surface area contributed by atoms with Crippen LogP contribution in [-0.4, -0.2) is 41.0 Å². The van der Waals surface area contributed by atoms with Crippen molar-refractivity contribution in [1.29, 1.82) is 0 Å². The van der Waals surface area contributed by atoms with Gasteiger partial charge in [0.25, 0.3) is 0 Å². The van der Waals surface area contributed by atoms with Crippen LogP contribution < -0.4 is 4.90 Å². The van der Waals surface area contributed by atoms with Gasteiger partial charge in [0.15, 0.2) is 0 Å². The molecule has 2 aliphatic rings. The van der Waals surface area contributed by atoms with Crippen molar-refractivity contribution in [2.75, 3.05) is 31.1 Å². The van der Waals surface area contributed by atoms with Gasteiger partial charge in [-0.3, -0.25) is 4.90 Å². The maximum Gasteiger partial charge on any atom is 0.225 e. The fourth-order valence-electron chi connectivity index (χ4n) is 4.21. The lowest BCUT2D eigenvalue weighted by Crippen LogP contribution is -2.44. The molecule has 2 aliphatic heterocycles. The Labute approximate surface area is 142 Å². The number of piperidine rings is 1. The van der Waals surface area contributed by atoms with E-state index < -0.39 is 0 Å². The zero-order valence-corrected chi connectivity index (χ0v) is 13.9. The number of hydrogen-bond donors (Lipinski definition) is 0. The van der Waals surface area contributed by atoms with Gasteiger partial charge in [-0.25, -0.2) is 14.4 Å². The second-order valence-corrected chi connectivity index (χ2v) is 7.13. The molecule has 3 heterocycles. The van der Waals surface area contributed by atoms with Crippen molar-refractivity contribution in [3.63, 3.8) is 0 Å². The Balaban J connectivity index is 1.44. The Morgan fingerprint density at radius 1 is 1.00 bits per heavy atom. The van der Waals surface area contributed by atoms with Gasteiger partial charge < -0.3 is 4.90 Å². The molecule has 0 radical (unpaired) electrons. The van der Waals surface area contributed by atoms with E-state index in [9.17, 15) is 4.39 Å².